The summed E-state index contributed by atoms with van der Waals surface area (Å²) in [5, 5.41) is 3.23. The van der Waals surface area contributed by atoms with E-state index in [0.717, 1.165) is 5.96 Å². The number of nitrogens with zero attached hydrogens (tertiary/aromatic N) is 3. The minimum atomic E-state index is -3.14. The van der Waals surface area contributed by atoms with E-state index in [1.54, 1.807) is 31.0 Å². The molecule has 0 radical (unpaired) electrons. The van der Waals surface area contributed by atoms with Crippen molar-refractivity contribution in [2.45, 2.75) is 13.3 Å². The Labute approximate surface area is 177 Å². The van der Waals surface area contributed by atoms with Crippen LogP contribution in [-0.2, 0) is 10.0 Å². The van der Waals surface area contributed by atoms with Crippen LogP contribution in [0, 0.1) is 0 Å². The van der Waals surface area contributed by atoms with E-state index in [1.807, 2.05) is 0 Å². The van der Waals surface area contributed by atoms with Gasteiger partial charge in [0.15, 0.2) is 11.7 Å². The molecule has 2 rings (SSSR count). The van der Waals surface area contributed by atoms with E-state index < -0.39 is 10.0 Å². The molecule has 1 aliphatic heterocycles. The van der Waals surface area contributed by atoms with Gasteiger partial charge in [0.1, 0.15) is 0 Å². The van der Waals surface area contributed by atoms with Gasteiger partial charge < -0.3 is 19.5 Å². The molecule has 0 spiro atoms. The monoisotopic (exact) mass is 513 g/mol. The molecular formula is C16H28IN5O4S. The van der Waals surface area contributed by atoms with E-state index in [4.69, 9.17) is 4.42 Å². The normalized spacial score (nSPS) is 15.4. The standard InChI is InChI=1S/C16H27N5O4S.HI/c1-3-26(23,24)19-8-5-7-18-16(17-2)21-11-9-20(10-12-21)15(22)14-6-4-13-25-14;/h4,6,13,19H,3,5,7-12H2,1-2H3,(H,17,18);1H. The van der Waals surface area contributed by atoms with Gasteiger partial charge in [-0.1, -0.05) is 0 Å². The third-order valence-electron chi connectivity index (χ3n) is 4.15. The summed E-state index contributed by atoms with van der Waals surface area (Å²) in [5.41, 5.74) is 0. The van der Waals surface area contributed by atoms with Crippen molar-refractivity contribution in [3.05, 3.63) is 24.2 Å². The molecule has 0 atom stereocenters. The van der Waals surface area contributed by atoms with E-state index in [-0.39, 0.29) is 35.6 Å². The molecule has 1 aromatic heterocycles. The Morgan fingerprint density at radius 2 is 1.89 bits per heavy atom. The Bertz CT molecular complexity index is 700. The summed E-state index contributed by atoms with van der Waals surface area (Å²) in [7, 11) is -1.43. The fraction of sp³-hybridized carbons (Fsp3) is 0.625. The second-order valence-corrected chi connectivity index (χ2v) is 7.98. The molecule has 2 N–H and O–H groups in total. The van der Waals surface area contributed by atoms with Gasteiger partial charge in [-0.05, 0) is 25.5 Å². The average molecular weight is 513 g/mol. The number of carbonyl (C=O) groups excluding carboxylic acids is 1. The largest absolute Gasteiger partial charge is 0.459 e. The highest BCUT2D eigenvalue weighted by atomic mass is 127. The quantitative estimate of drug-likeness (QED) is 0.239. The maximum Gasteiger partial charge on any atom is 0.289 e. The van der Waals surface area contributed by atoms with Crippen LogP contribution in [0.15, 0.2) is 27.8 Å². The SMILES string of the molecule is CCS(=O)(=O)NCCCNC(=NC)N1CCN(C(=O)c2ccco2)CC1.I. The Balaban J connectivity index is 0.00000364. The first kappa shape index (κ1) is 23.7. The molecule has 1 amide bonds. The minimum absolute atomic E-state index is 0. The number of sulfonamides is 1. The molecule has 2 heterocycles. The summed E-state index contributed by atoms with van der Waals surface area (Å²) in [6, 6.07) is 3.37. The lowest BCUT2D eigenvalue weighted by atomic mass is 10.3. The summed E-state index contributed by atoms with van der Waals surface area (Å²) in [4.78, 5) is 20.4. The minimum Gasteiger partial charge on any atom is -0.459 e. The zero-order valence-electron chi connectivity index (χ0n) is 15.7. The third kappa shape index (κ3) is 7.30. The van der Waals surface area contributed by atoms with Crippen LogP contribution in [0.2, 0.25) is 0 Å². The molecule has 1 fully saturated rings. The van der Waals surface area contributed by atoms with Crippen molar-refractivity contribution >= 4 is 45.9 Å². The first-order chi connectivity index (χ1) is 12.5. The van der Waals surface area contributed by atoms with Gasteiger partial charge >= 0.3 is 0 Å². The number of hydrogen-bond donors (Lipinski definition) is 2. The van der Waals surface area contributed by atoms with Crippen molar-refractivity contribution in [3.8, 4) is 0 Å². The Hall–Kier alpha value is -1.34. The second-order valence-electron chi connectivity index (χ2n) is 5.88. The van der Waals surface area contributed by atoms with Crippen molar-refractivity contribution in [1.82, 2.24) is 19.8 Å². The van der Waals surface area contributed by atoms with Gasteiger partial charge in [0.05, 0.1) is 12.0 Å². The van der Waals surface area contributed by atoms with Gasteiger partial charge in [0, 0.05) is 46.3 Å². The van der Waals surface area contributed by atoms with Crippen molar-refractivity contribution in [1.29, 1.82) is 0 Å². The number of rotatable bonds is 7. The molecule has 11 heteroatoms. The van der Waals surface area contributed by atoms with Crippen LogP contribution in [0.1, 0.15) is 23.9 Å². The van der Waals surface area contributed by atoms with Gasteiger partial charge in [-0.15, -0.1) is 24.0 Å². The number of piperazine rings is 1. The van der Waals surface area contributed by atoms with Crippen LogP contribution in [0.25, 0.3) is 0 Å². The lowest BCUT2D eigenvalue weighted by molar-refractivity contribution is 0.0657. The first-order valence-electron chi connectivity index (χ1n) is 8.72. The highest BCUT2D eigenvalue weighted by Crippen LogP contribution is 2.09. The number of furan rings is 1. The third-order valence-corrected chi connectivity index (χ3v) is 5.55. The van der Waals surface area contributed by atoms with Gasteiger partial charge in [0.25, 0.3) is 5.91 Å². The predicted molar refractivity (Wildman–Crippen MR) is 115 cm³/mol. The van der Waals surface area contributed by atoms with E-state index >= 15 is 0 Å². The number of amides is 1. The highest BCUT2D eigenvalue weighted by Gasteiger charge is 2.24. The lowest BCUT2D eigenvalue weighted by Crippen LogP contribution is -2.54. The Morgan fingerprint density at radius 3 is 2.44 bits per heavy atom. The summed E-state index contributed by atoms with van der Waals surface area (Å²) < 4.78 is 30.4. The van der Waals surface area contributed by atoms with Crippen LogP contribution in [0.4, 0.5) is 0 Å². The molecule has 1 aromatic rings. The number of halogens is 1. The smallest absolute Gasteiger partial charge is 0.289 e. The predicted octanol–water partition coefficient (Wildman–Crippen LogP) is 0.560. The Morgan fingerprint density at radius 1 is 1.22 bits per heavy atom. The Kier molecular flexibility index (Phi) is 10.1. The maximum atomic E-state index is 12.3. The van der Waals surface area contributed by atoms with Gasteiger partial charge in [-0.25, -0.2) is 13.1 Å². The van der Waals surface area contributed by atoms with Crippen LogP contribution < -0.4 is 10.0 Å². The molecule has 0 bridgehead atoms. The molecule has 0 aromatic carbocycles. The van der Waals surface area contributed by atoms with Crippen LogP contribution in [-0.4, -0.2) is 82.2 Å². The maximum absolute atomic E-state index is 12.3. The molecule has 154 valence electrons. The number of guanidine groups is 1. The second kappa shape index (κ2) is 11.5. The summed E-state index contributed by atoms with van der Waals surface area (Å²) in [5.74, 6) is 1.10. The van der Waals surface area contributed by atoms with Crippen LogP contribution in [0.5, 0.6) is 0 Å². The summed E-state index contributed by atoms with van der Waals surface area (Å²) in [6.07, 6.45) is 2.16. The van der Waals surface area contributed by atoms with E-state index in [1.165, 1.54) is 6.26 Å². The molecule has 9 nitrogen and oxygen atoms in total. The molecule has 0 aliphatic carbocycles. The zero-order chi connectivity index (χ0) is 19.0. The lowest BCUT2D eigenvalue weighted by Gasteiger charge is -2.36. The van der Waals surface area contributed by atoms with Crippen molar-refractivity contribution in [2.24, 2.45) is 4.99 Å². The molecule has 27 heavy (non-hydrogen) atoms. The van der Waals surface area contributed by atoms with Gasteiger partial charge in [-0.3, -0.25) is 9.79 Å². The zero-order valence-corrected chi connectivity index (χ0v) is 18.8. The number of carbonyl (C=O) groups is 1. The number of nitrogens with one attached hydrogen (secondary N) is 2. The first-order valence-corrected chi connectivity index (χ1v) is 10.4. The van der Waals surface area contributed by atoms with Crippen molar-refractivity contribution in [3.63, 3.8) is 0 Å². The highest BCUT2D eigenvalue weighted by molar-refractivity contribution is 14.0. The molecule has 0 unspecified atom stereocenters. The summed E-state index contributed by atoms with van der Waals surface area (Å²) >= 11 is 0. The van der Waals surface area contributed by atoms with E-state index in [9.17, 15) is 13.2 Å². The molecule has 1 aliphatic rings. The fourth-order valence-electron chi connectivity index (χ4n) is 2.63. The van der Waals surface area contributed by atoms with Crippen LogP contribution >= 0.6 is 24.0 Å². The van der Waals surface area contributed by atoms with Crippen molar-refractivity contribution in [2.75, 3.05) is 52.1 Å². The van der Waals surface area contributed by atoms with Gasteiger partial charge in [0.2, 0.25) is 10.0 Å². The number of hydrogen-bond acceptors (Lipinski definition) is 5. The number of aliphatic imine (C=N–C) groups is 1. The molecular weight excluding hydrogens is 485 g/mol. The van der Waals surface area contributed by atoms with Gasteiger partial charge in [-0.2, -0.15) is 0 Å². The topological polar surface area (TPSA) is 107 Å². The molecule has 1 saturated heterocycles. The average Bonchev–Trinajstić information content (AvgIpc) is 3.19. The summed E-state index contributed by atoms with van der Waals surface area (Å²) in [6.45, 7) is 5.16. The van der Waals surface area contributed by atoms with Crippen molar-refractivity contribution < 1.29 is 17.6 Å². The fourth-order valence-corrected chi connectivity index (χ4v) is 3.29. The van der Waals surface area contributed by atoms with E-state index in [0.29, 0.717) is 51.4 Å². The van der Waals surface area contributed by atoms with Crippen LogP contribution in [0.3, 0.4) is 0 Å². The van der Waals surface area contributed by atoms with E-state index in [2.05, 4.69) is 19.9 Å². The molecule has 0 saturated carbocycles.